The van der Waals surface area contributed by atoms with E-state index in [4.69, 9.17) is 11.6 Å². The van der Waals surface area contributed by atoms with E-state index >= 15 is 0 Å². The highest BCUT2D eigenvalue weighted by Gasteiger charge is 2.15. The van der Waals surface area contributed by atoms with Crippen LogP contribution in [0.25, 0.3) is 0 Å². The van der Waals surface area contributed by atoms with Gasteiger partial charge in [-0.05, 0) is 37.7 Å². The van der Waals surface area contributed by atoms with Crippen LogP contribution in [0.2, 0.25) is 4.34 Å². The lowest BCUT2D eigenvalue weighted by Gasteiger charge is -2.11. The Morgan fingerprint density at radius 1 is 1.20 bits per heavy atom. The third kappa shape index (κ3) is 3.73. The molecule has 0 saturated carbocycles. The molecule has 0 aliphatic heterocycles. The van der Waals surface area contributed by atoms with E-state index in [1.165, 1.54) is 18.4 Å². The number of hydrogen-bond acceptors (Lipinski definition) is 4. The molecule has 1 aromatic heterocycles. The molecule has 0 spiro atoms. The zero-order valence-corrected chi connectivity index (χ0v) is 13.3. The van der Waals surface area contributed by atoms with Crippen molar-refractivity contribution in [3.05, 3.63) is 45.6 Å². The van der Waals surface area contributed by atoms with Crippen LogP contribution in [0.5, 0.6) is 0 Å². The Morgan fingerprint density at radius 2 is 1.95 bits per heavy atom. The van der Waals surface area contributed by atoms with Crippen LogP contribution < -0.4 is 10.0 Å². The smallest absolute Gasteiger partial charge is 0.242 e. The number of halogens is 1. The van der Waals surface area contributed by atoms with Gasteiger partial charge in [0.2, 0.25) is 10.0 Å². The molecule has 7 heteroatoms. The van der Waals surface area contributed by atoms with Gasteiger partial charge < -0.3 is 5.32 Å². The lowest BCUT2D eigenvalue weighted by Crippen LogP contribution is -2.20. The Labute approximate surface area is 127 Å². The molecule has 0 unspecified atom stereocenters. The average molecular weight is 331 g/mol. The van der Waals surface area contributed by atoms with E-state index in [-0.39, 0.29) is 4.90 Å². The summed E-state index contributed by atoms with van der Waals surface area (Å²) in [7, 11) is -2.05. The van der Waals surface area contributed by atoms with Crippen molar-refractivity contribution >= 4 is 38.6 Å². The highest BCUT2D eigenvalue weighted by molar-refractivity contribution is 7.89. The number of nitrogens with one attached hydrogen (secondary N) is 2. The fourth-order valence-electron chi connectivity index (χ4n) is 1.76. The summed E-state index contributed by atoms with van der Waals surface area (Å²) in [5.41, 5.74) is 0.601. The second-order valence-corrected chi connectivity index (χ2v) is 7.74. The van der Waals surface area contributed by atoms with Gasteiger partial charge in [-0.2, -0.15) is 0 Å². The fourth-order valence-corrected chi connectivity index (χ4v) is 3.76. The van der Waals surface area contributed by atoms with Gasteiger partial charge in [0.1, 0.15) is 4.90 Å². The molecule has 108 valence electrons. The Bertz CT molecular complexity index is 683. The first-order valence-electron chi connectivity index (χ1n) is 6.03. The van der Waals surface area contributed by atoms with Crippen LogP contribution in [0.1, 0.15) is 4.88 Å². The Balaban J connectivity index is 2.06. The van der Waals surface area contributed by atoms with Crippen LogP contribution in [0.4, 0.5) is 5.69 Å². The molecule has 0 fully saturated rings. The van der Waals surface area contributed by atoms with Crippen LogP contribution in [0, 0.1) is 0 Å². The van der Waals surface area contributed by atoms with Crippen molar-refractivity contribution in [3.63, 3.8) is 0 Å². The average Bonchev–Trinajstić information content (AvgIpc) is 2.85. The first-order valence-corrected chi connectivity index (χ1v) is 8.71. The van der Waals surface area contributed by atoms with Crippen molar-refractivity contribution in [1.82, 2.24) is 4.72 Å². The summed E-state index contributed by atoms with van der Waals surface area (Å²) in [5.74, 6) is 0. The number of hydrogen-bond donors (Lipinski definition) is 2. The Hall–Kier alpha value is -1.08. The minimum absolute atomic E-state index is 0.256. The number of rotatable bonds is 6. The first-order chi connectivity index (χ1) is 9.53. The summed E-state index contributed by atoms with van der Waals surface area (Å²) < 4.78 is 26.9. The molecule has 2 rings (SSSR count). The Kier molecular flexibility index (Phi) is 5.04. The number of sulfonamides is 1. The molecule has 0 atom stereocenters. The number of benzene rings is 1. The van der Waals surface area contributed by atoms with Crippen LogP contribution in [0.15, 0.2) is 41.3 Å². The summed E-state index contributed by atoms with van der Waals surface area (Å²) >= 11 is 7.40. The lowest BCUT2D eigenvalue weighted by atomic mass is 10.3. The maximum Gasteiger partial charge on any atom is 0.242 e. The first kappa shape index (κ1) is 15.3. The van der Waals surface area contributed by atoms with Crippen molar-refractivity contribution in [1.29, 1.82) is 0 Å². The molecule has 0 amide bonds. The molecule has 0 aliphatic carbocycles. The van der Waals surface area contributed by atoms with E-state index in [0.29, 0.717) is 12.2 Å². The number of anilines is 1. The van der Waals surface area contributed by atoms with Crippen molar-refractivity contribution in [2.24, 2.45) is 0 Å². The van der Waals surface area contributed by atoms with Crippen molar-refractivity contribution in [3.8, 4) is 0 Å². The second-order valence-electron chi connectivity index (χ2n) is 4.09. The van der Waals surface area contributed by atoms with Gasteiger partial charge in [-0.3, -0.25) is 0 Å². The van der Waals surface area contributed by atoms with Crippen LogP contribution in [-0.2, 0) is 16.4 Å². The maximum atomic E-state index is 11.9. The van der Waals surface area contributed by atoms with Gasteiger partial charge in [0.15, 0.2) is 0 Å². The highest BCUT2D eigenvalue weighted by atomic mass is 35.5. The summed E-state index contributed by atoms with van der Waals surface area (Å²) in [6, 6.07) is 10.7. The van der Waals surface area contributed by atoms with Gasteiger partial charge in [-0.25, -0.2) is 13.1 Å². The van der Waals surface area contributed by atoms with Crippen molar-refractivity contribution in [2.75, 3.05) is 18.9 Å². The van der Waals surface area contributed by atoms with Gasteiger partial charge >= 0.3 is 0 Å². The number of para-hydroxylation sites is 1. The van der Waals surface area contributed by atoms with Crippen LogP contribution in [-0.4, -0.2) is 22.0 Å². The van der Waals surface area contributed by atoms with Crippen molar-refractivity contribution in [2.45, 2.75) is 11.3 Å². The van der Waals surface area contributed by atoms with Gasteiger partial charge in [0.05, 0.1) is 10.0 Å². The molecule has 1 aromatic carbocycles. The topological polar surface area (TPSA) is 58.2 Å². The van der Waals surface area contributed by atoms with E-state index in [9.17, 15) is 8.42 Å². The predicted octanol–water partition coefficient (Wildman–Crippen LogP) is 2.96. The SMILES string of the molecule is CNS(=O)(=O)c1ccccc1NCCc1ccc(Cl)s1. The normalized spacial score (nSPS) is 11.5. The van der Waals surface area contributed by atoms with Gasteiger partial charge in [-0.15, -0.1) is 11.3 Å². The van der Waals surface area contributed by atoms with E-state index < -0.39 is 10.0 Å². The molecule has 20 heavy (non-hydrogen) atoms. The molecule has 0 bridgehead atoms. The van der Waals surface area contributed by atoms with Gasteiger partial charge in [0.25, 0.3) is 0 Å². The lowest BCUT2D eigenvalue weighted by molar-refractivity contribution is 0.588. The van der Waals surface area contributed by atoms with Crippen LogP contribution >= 0.6 is 22.9 Å². The third-order valence-electron chi connectivity index (χ3n) is 2.76. The van der Waals surface area contributed by atoms with E-state index in [2.05, 4.69) is 10.0 Å². The summed E-state index contributed by atoms with van der Waals surface area (Å²) in [5, 5.41) is 3.16. The van der Waals surface area contributed by atoms with E-state index in [0.717, 1.165) is 15.6 Å². The van der Waals surface area contributed by atoms with Crippen LogP contribution in [0.3, 0.4) is 0 Å². The molecule has 0 saturated heterocycles. The summed E-state index contributed by atoms with van der Waals surface area (Å²) in [6.07, 6.45) is 0.797. The zero-order chi connectivity index (χ0) is 14.6. The molecule has 2 N–H and O–H groups in total. The monoisotopic (exact) mass is 330 g/mol. The summed E-state index contributed by atoms with van der Waals surface area (Å²) in [6.45, 7) is 0.646. The quantitative estimate of drug-likeness (QED) is 0.856. The van der Waals surface area contributed by atoms with Crippen molar-refractivity contribution < 1.29 is 8.42 Å². The molecular formula is C13H15ClN2O2S2. The molecule has 4 nitrogen and oxygen atoms in total. The number of thiophene rings is 1. The molecular weight excluding hydrogens is 316 g/mol. The highest BCUT2D eigenvalue weighted by Crippen LogP contribution is 2.23. The second kappa shape index (κ2) is 6.58. The molecule has 2 aromatic rings. The standard InChI is InChI=1S/C13H15ClN2O2S2/c1-15-20(17,18)12-5-3-2-4-11(12)16-9-8-10-6-7-13(14)19-10/h2-7,15-16H,8-9H2,1H3. The fraction of sp³-hybridized carbons (Fsp3) is 0.231. The minimum Gasteiger partial charge on any atom is -0.384 e. The summed E-state index contributed by atoms with van der Waals surface area (Å²) in [4.78, 5) is 1.42. The molecule has 0 aliphatic rings. The van der Waals surface area contributed by atoms with E-state index in [1.54, 1.807) is 24.3 Å². The predicted molar refractivity (Wildman–Crippen MR) is 84.2 cm³/mol. The minimum atomic E-state index is -3.45. The van der Waals surface area contributed by atoms with Gasteiger partial charge in [-0.1, -0.05) is 23.7 Å². The molecule has 0 radical (unpaired) electrons. The van der Waals surface area contributed by atoms with E-state index in [1.807, 2.05) is 12.1 Å². The largest absolute Gasteiger partial charge is 0.384 e. The van der Waals surface area contributed by atoms with Gasteiger partial charge in [0, 0.05) is 11.4 Å². The maximum absolute atomic E-state index is 11.9. The zero-order valence-electron chi connectivity index (χ0n) is 10.9. The Morgan fingerprint density at radius 3 is 2.60 bits per heavy atom. The molecule has 1 heterocycles. The third-order valence-corrected chi connectivity index (χ3v) is 5.52.